The van der Waals surface area contributed by atoms with Gasteiger partial charge in [0, 0.05) is 10.0 Å². The van der Waals surface area contributed by atoms with Gasteiger partial charge in [0.05, 0.1) is 0 Å². The van der Waals surface area contributed by atoms with Crippen molar-refractivity contribution in [2.24, 2.45) is 5.73 Å². The van der Waals surface area contributed by atoms with Gasteiger partial charge in [-0.25, -0.2) is 0 Å². The fourth-order valence-corrected chi connectivity index (χ4v) is 2.36. The van der Waals surface area contributed by atoms with E-state index in [0.29, 0.717) is 0 Å². The molecule has 1 nitrogen and oxygen atoms in total. The minimum atomic E-state index is -0.342. The predicted octanol–water partition coefficient (Wildman–Crippen LogP) is 3.87. The molecule has 88 valence electrons. The van der Waals surface area contributed by atoms with Crippen LogP contribution in [0, 0.1) is 0 Å². The fraction of sp³-hybridized carbons (Fsp3) is 0.200. The van der Waals surface area contributed by atoms with Gasteiger partial charge in [0.25, 0.3) is 0 Å². The average molecular weight is 290 g/mol. The van der Waals surface area contributed by atoms with Gasteiger partial charge in [-0.3, -0.25) is 0 Å². The quantitative estimate of drug-likeness (QED) is 0.912. The Labute approximate surface area is 111 Å². The zero-order valence-corrected chi connectivity index (χ0v) is 11.4. The van der Waals surface area contributed by atoms with E-state index in [1.807, 2.05) is 30.3 Å². The van der Waals surface area contributed by atoms with Gasteiger partial charge < -0.3 is 5.73 Å². The Balaban J connectivity index is 2.25. The van der Waals surface area contributed by atoms with Crippen molar-refractivity contribution in [3.63, 3.8) is 0 Å². The maximum absolute atomic E-state index is 6.42. The van der Waals surface area contributed by atoms with Crippen molar-refractivity contribution in [3.05, 3.63) is 70.2 Å². The maximum atomic E-state index is 6.42. The Bertz CT molecular complexity index is 491. The van der Waals surface area contributed by atoms with Crippen LogP contribution in [0.4, 0.5) is 0 Å². The van der Waals surface area contributed by atoms with Gasteiger partial charge >= 0.3 is 0 Å². The molecule has 0 radical (unpaired) electrons. The second-order valence-corrected chi connectivity index (χ2v) is 5.51. The molecule has 0 aliphatic rings. The molecule has 2 heteroatoms. The van der Waals surface area contributed by atoms with Gasteiger partial charge in [0.15, 0.2) is 0 Å². The van der Waals surface area contributed by atoms with Crippen molar-refractivity contribution < 1.29 is 0 Å². The van der Waals surface area contributed by atoms with Gasteiger partial charge in [-0.15, -0.1) is 0 Å². The van der Waals surface area contributed by atoms with E-state index >= 15 is 0 Å². The first kappa shape index (κ1) is 12.3. The lowest BCUT2D eigenvalue weighted by atomic mass is 9.87. The fourth-order valence-electron chi connectivity index (χ4n) is 1.97. The zero-order valence-electron chi connectivity index (χ0n) is 9.86. The van der Waals surface area contributed by atoms with Gasteiger partial charge in [-0.1, -0.05) is 58.4 Å². The van der Waals surface area contributed by atoms with Crippen LogP contribution in [0.25, 0.3) is 0 Å². The molecule has 0 saturated heterocycles. The number of rotatable bonds is 3. The lowest BCUT2D eigenvalue weighted by Crippen LogP contribution is -2.35. The molecule has 0 bridgehead atoms. The summed E-state index contributed by atoms with van der Waals surface area (Å²) in [6.07, 6.45) is 0.838. The highest BCUT2D eigenvalue weighted by molar-refractivity contribution is 9.10. The molecule has 1 unspecified atom stereocenters. The molecule has 0 fully saturated rings. The molecule has 0 aliphatic heterocycles. The minimum absolute atomic E-state index is 0.342. The third-order valence-electron chi connectivity index (χ3n) is 2.90. The van der Waals surface area contributed by atoms with Crippen LogP contribution < -0.4 is 5.73 Å². The number of nitrogens with two attached hydrogens (primary N) is 1. The predicted molar refractivity (Wildman–Crippen MR) is 75.8 cm³/mol. The van der Waals surface area contributed by atoms with Gasteiger partial charge in [0.1, 0.15) is 0 Å². The zero-order chi connectivity index (χ0) is 12.3. The molecule has 0 aromatic heterocycles. The van der Waals surface area contributed by atoms with Crippen LogP contribution in [0.5, 0.6) is 0 Å². The van der Waals surface area contributed by atoms with Gasteiger partial charge in [-0.05, 0) is 36.6 Å². The number of hydrogen-bond acceptors (Lipinski definition) is 1. The summed E-state index contributed by atoms with van der Waals surface area (Å²) in [5, 5.41) is 0. The minimum Gasteiger partial charge on any atom is -0.321 e. The molecule has 0 spiro atoms. The van der Waals surface area contributed by atoms with Crippen LogP contribution in [0.1, 0.15) is 18.1 Å². The average Bonchev–Trinajstić information content (AvgIpc) is 2.30. The summed E-state index contributed by atoms with van der Waals surface area (Å²) < 4.78 is 1.07. The van der Waals surface area contributed by atoms with Crippen molar-refractivity contribution in [3.8, 4) is 0 Å². The van der Waals surface area contributed by atoms with E-state index < -0.39 is 0 Å². The van der Waals surface area contributed by atoms with Crippen molar-refractivity contribution in [1.82, 2.24) is 0 Å². The van der Waals surface area contributed by atoms with Crippen molar-refractivity contribution in [1.29, 1.82) is 0 Å². The molecular weight excluding hydrogens is 274 g/mol. The molecule has 17 heavy (non-hydrogen) atoms. The van der Waals surface area contributed by atoms with E-state index in [9.17, 15) is 0 Å². The summed E-state index contributed by atoms with van der Waals surface area (Å²) >= 11 is 3.48. The second-order valence-electron chi connectivity index (χ2n) is 4.59. The summed E-state index contributed by atoms with van der Waals surface area (Å²) in [7, 11) is 0. The molecule has 2 N–H and O–H groups in total. The summed E-state index contributed by atoms with van der Waals surface area (Å²) in [5.41, 5.74) is 8.49. The number of hydrogen-bond donors (Lipinski definition) is 1. The topological polar surface area (TPSA) is 26.0 Å². The van der Waals surface area contributed by atoms with Gasteiger partial charge in [0.2, 0.25) is 0 Å². The Morgan fingerprint density at radius 1 is 1.06 bits per heavy atom. The molecule has 2 aromatic rings. The number of halogens is 1. The summed E-state index contributed by atoms with van der Waals surface area (Å²) in [4.78, 5) is 0. The van der Waals surface area contributed by atoms with E-state index in [-0.39, 0.29) is 5.54 Å². The van der Waals surface area contributed by atoms with Crippen LogP contribution >= 0.6 is 15.9 Å². The first-order chi connectivity index (χ1) is 8.08. The van der Waals surface area contributed by atoms with Crippen molar-refractivity contribution >= 4 is 15.9 Å². The Morgan fingerprint density at radius 2 is 1.76 bits per heavy atom. The van der Waals surface area contributed by atoms with E-state index in [4.69, 9.17) is 5.73 Å². The molecular formula is C15H16BrN. The van der Waals surface area contributed by atoms with Crippen molar-refractivity contribution in [2.75, 3.05) is 0 Å². The van der Waals surface area contributed by atoms with E-state index in [0.717, 1.165) is 16.5 Å². The van der Waals surface area contributed by atoms with Crippen LogP contribution in [0.3, 0.4) is 0 Å². The first-order valence-electron chi connectivity index (χ1n) is 5.67. The third-order valence-corrected chi connectivity index (χ3v) is 3.39. The molecule has 2 rings (SSSR count). The summed E-state index contributed by atoms with van der Waals surface area (Å²) in [6.45, 7) is 2.07. The SMILES string of the molecule is CC(N)(Cc1ccccc1)c1cccc(Br)c1. The summed E-state index contributed by atoms with van der Waals surface area (Å²) in [6, 6.07) is 18.6. The molecule has 0 amide bonds. The standard InChI is InChI=1S/C15H16BrN/c1-15(17,11-12-6-3-2-4-7-12)13-8-5-9-14(16)10-13/h2-10H,11,17H2,1H3. The molecule has 1 atom stereocenters. The highest BCUT2D eigenvalue weighted by atomic mass is 79.9. The van der Waals surface area contributed by atoms with Crippen LogP contribution in [-0.2, 0) is 12.0 Å². The smallest absolute Gasteiger partial charge is 0.0422 e. The monoisotopic (exact) mass is 289 g/mol. The summed E-state index contributed by atoms with van der Waals surface area (Å²) in [5.74, 6) is 0. The van der Waals surface area contributed by atoms with Gasteiger partial charge in [-0.2, -0.15) is 0 Å². The van der Waals surface area contributed by atoms with Crippen molar-refractivity contribution in [2.45, 2.75) is 18.9 Å². The largest absolute Gasteiger partial charge is 0.321 e. The van der Waals surface area contributed by atoms with Crippen LogP contribution in [0.2, 0.25) is 0 Å². The second kappa shape index (κ2) is 5.03. The van der Waals surface area contributed by atoms with E-state index in [2.05, 4.69) is 47.1 Å². The lowest BCUT2D eigenvalue weighted by molar-refractivity contribution is 0.491. The maximum Gasteiger partial charge on any atom is 0.0422 e. The Kier molecular flexibility index (Phi) is 3.65. The normalized spacial score (nSPS) is 14.3. The highest BCUT2D eigenvalue weighted by Crippen LogP contribution is 2.25. The highest BCUT2D eigenvalue weighted by Gasteiger charge is 2.21. The number of benzene rings is 2. The first-order valence-corrected chi connectivity index (χ1v) is 6.46. The molecule has 0 heterocycles. The lowest BCUT2D eigenvalue weighted by Gasteiger charge is -2.25. The third kappa shape index (κ3) is 3.18. The van der Waals surface area contributed by atoms with E-state index in [1.54, 1.807) is 0 Å². The van der Waals surface area contributed by atoms with Crippen LogP contribution in [0.15, 0.2) is 59.1 Å². The van der Waals surface area contributed by atoms with E-state index in [1.165, 1.54) is 5.56 Å². The molecule has 2 aromatic carbocycles. The molecule has 0 aliphatic carbocycles. The Hall–Kier alpha value is -1.12. The Morgan fingerprint density at radius 3 is 2.41 bits per heavy atom. The molecule has 0 saturated carbocycles. The van der Waals surface area contributed by atoms with Crippen LogP contribution in [-0.4, -0.2) is 0 Å².